The molecular weight excluding hydrogens is 621 g/mol. The van der Waals surface area contributed by atoms with Crippen molar-refractivity contribution in [2.24, 2.45) is 0 Å². The molecule has 0 bridgehead atoms. The molecule has 12 rings (SSSR count). The van der Waals surface area contributed by atoms with E-state index in [9.17, 15) is 0 Å². The number of nitrogens with zero attached hydrogens (tertiary/aromatic N) is 2. The summed E-state index contributed by atoms with van der Waals surface area (Å²) in [7, 11) is 0. The summed E-state index contributed by atoms with van der Waals surface area (Å²) < 4.78 is 11.3. The Morgan fingerprint density at radius 1 is 0.353 bits per heavy atom. The van der Waals surface area contributed by atoms with Gasteiger partial charge >= 0.3 is 0 Å². The van der Waals surface area contributed by atoms with Gasteiger partial charge in [0.25, 0.3) is 0 Å². The van der Waals surface area contributed by atoms with Gasteiger partial charge in [0.2, 0.25) is 0 Å². The molecule has 0 aliphatic heterocycles. The van der Waals surface area contributed by atoms with Gasteiger partial charge in [0.05, 0.1) is 27.6 Å². The molecule has 3 nitrogen and oxygen atoms in total. The molecular formula is C48H28N2O. The molecule has 0 radical (unpaired) electrons. The highest BCUT2D eigenvalue weighted by Crippen LogP contribution is 2.47. The average molecular weight is 649 g/mol. The Bertz CT molecular complexity index is 3360. The van der Waals surface area contributed by atoms with E-state index in [2.05, 4.69) is 173 Å². The molecule has 0 amide bonds. The van der Waals surface area contributed by atoms with E-state index in [1.165, 1.54) is 76.6 Å². The van der Waals surface area contributed by atoms with E-state index in [0.29, 0.717) is 0 Å². The van der Waals surface area contributed by atoms with Crippen LogP contribution >= 0.6 is 0 Å². The maximum Gasteiger partial charge on any atom is 0.136 e. The van der Waals surface area contributed by atoms with Gasteiger partial charge < -0.3 is 13.4 Å². The van der Waals surface area contributed by atoms with Crippen LogP contribution in [0.15, 0.2) is 174 Å². The summed E-state index contributed by atoms with van der Waals surface area (Å²) in [5.74, 6) is 0. The zero-order chi connectivity index (χ0) is 33.2. The molecule has 51 heavy (non-hydrogen) atoms. The van der Waals surface area contributed by atoms with Crippen LogP contribution in [0.5, 0.6) is 0 Å². The number of hydrogen-bond acceptors (Lipinski definition) is 1. The van der Waals surface area contributed by atoms with Gasteiger partial charge in [0.15, 0.2) is 0 Å². The van der Waals surface area contributed by atoms with Gasteiger partial charge in [-0.2, -0.15) is 0 Å². The monoisotopic (exact) mass is 648 g/mol. The van der Waals surface area contributed by atoms with Gasteiger partial charge in [0, 0.05) is 43.4 Å². The van der Waals surface area contributed by atoms with Crippen LogP contribution in [-0.4, -0.2) is 8.97 Å². The highest BCUT2D eigenvalue weighted by molar-refractivity contribution is 6.33. The minimum absolute atomic E-state index is 0.907. The molecule has 0 saturated heterocycles. The molecule has 0 spiro atoms. The van der Waals surface area contributed by atoms with Crippen LogP contribution in [-0.2, 0) is 0 Å². The molecule has 12 aromatic rings. The normalized spacial score (nSPS) is 12.3. The molecule has 236 valence electrons. The summed E-state index contributed by atoms with van der Waals surface area (Å²) in [5, 5.41) is 9.92. The molecule has 0 aliphatic rings. The quantitative estimate of drug-likeness (QED) is 0.187. The zero-order valence-corrected chi connectivity index (χ0v) is 27.5. The van der Waals surface area contributed by atoms with Crippen molar-refractivity contribution in [3.05, 3.63) is 170 Å². The number of hydrogen-bond donors (Lipinski definition) is 0. The first-order valence-corrected chi connectivity index (χ1v) is 17.5. The van der Waals surface area contributed by atoms with Crippen molar-refractivity contribution in [1.82, 2.24) is 8.97 Å². The molecule has 8 aromatic carbocycles. The Morgan fingerprint density at radius 2 is 1.04 bits per heavy atom. The summed E-state index contributed by atoms with van der Waals surface area (Å²) in [6.45, 7) is 0. The molecule has 0 atom stereocenters. The Morgan fingerprint density at radius 3 is 1.88 bits per heavy atom. The number of aromatic nitrogens is 2. The van der Waals surface area contributed by atoms with Crippen molar-refractivity contribution in [1.29, 1.82) is 0 Å². The minimum Gasteiger partial charge on any atom is -0.456 e. The summed E-state index contributed by atoms with van der Waals surface area (Å²) >= 11 is 0. The standard InChI is InChI=1S/C48H28N2O/c1-2-12-29(13-3-1)31-27-38-35-17-5-8-21-40(35)50-39-20-7-4-16-34(39)36-24-25-41-47(48(36)50)46(38)42(28-31)49(41)32-15-10-14-30(26-32)33-19-11-23-44-45(33)37-18-6-9-22-43(37)51-44/h1-28H. The highest BCUT2D eigenvalue weighted by Gasteiger charge is 2.24. The predicted molar refractivity (Wildman–Crippen MR) is 214 cm³/mol. The maximum absolute atomic E-state index is 6.31. The summed E-state index contributed by atoms with van der Waals surface area (Å²) in [6, 6.07) is 61.8. The van der Waals surface area contributed by atoms with Crippen LogP contribution < -0.4 is 0 Å². The third kappa shape index (κ3) is 3.57. The minimum atomic E-state index is 0.907. The fourth-order valence-corrected chi connectivity index (χ4v) is 8.94. The van der Waals surface area contributed by atoms with Gasteiger partial charge in [-0.3, -0.25) is 0 Å². The van der Waals surface area contributed by atoms with Crippen molar-refractivity contribution >= 4 is 81.8 Å². The van der Waals surface area contributed by atoms with Crippen molar-refractivity contribution < 1.29 is 4.42 Å². The van der Waals surface area contributed by atoms with Crippen LogP contribution in [0, 0.1) is 0 Å². The fraction of sp³-hybridized carbons (Fsp3) is 0. The third-order valence-electron chi connectivity index (χ3n) is 11.0. The van der Waals surface area contributed by atoms with Crippen LogP contribution in [0.25, 0.3) is 110 Å². The topological polar surface area (TPSA) is 22.5 Å². The van der Waals surface area contributed by atoms with E-state index in [1.54, 1.807) is 0 Å². The molecule has 0 N–H and O–H groups in total. The Labute approximate surface area is 292 Å². The molecule has 3 heteroatoms. The first kappa shape index (κ1) is 27.0. The molecule has 0 aliphatic carbocycles. The highest BCUT2D eigenvalue weighted by atomic mass is 16.3. The number of fused-ring (bicyclic) bond motifs is 9. The molecule has 0 fully saturated rings. The zero-order valence-electron chi connectivity index (χ0n) is 27.5. The maximum atomic E-state index is 6.31. The fourth-order valence-electron chi connectivity index (χ4n) is 8.94. The largest absolute Gasteiger partial charge is 0.456 e. The summed E-state index contributed by atoms with van der Waals surface area (Å²) in [6.07, 6.45) is 0. The first-order chi connectivity index (χ1) is 25.3. The Balaban J connectivity index is 1.26. The smallest absolute Gasteiger partial charge is 0.136 e. The second-order valence-corrected chi connectivity index (χ2v) is 13.7. The van der Waals surface area contributed by atoms with E-state index in [0.717, 1.165) is 33.2 Å². The lowest BCUT2D eigenvalue weighted by Gasteiger charge is -2.13. The number of para-hydroxylation sites is 3. The number of benzene rings is 8. The lowest BCUT2D eigenvalue weighted by atomic mass is 9.98. The molecule has 0 saturated carbocycles. The predicted octanol–water partition coefficient (Wildman–Crippen LogP) is 13.2. The van der Waals surface area contributed by atoms with Crippen molar-refractivity contribution in [3.8, 4) is 27.9 Å². The summed E-state index contributed by atoms with van der Waals surface area (Å²) in [4.78, 5) is 0. The Kier molecular flexibility index (Phi) is 5.23. The van der Waals surface area contributed by atoms with Gasteiger partial charge in [-0.05, 0) is 82.2 Å². The van der Waals surface area contributed by atoms with Gasteiger partial charge in [-0.25, -0.2) is 0 Å². The van der Waals surface area contributed by atoms with E-state index in [4.69, 9.17) is 4.42 Å². The van der Waals surface area contributed by atoms with Crippen LogP contribution in [0.2, 0.25) is 0 Å². The second-order valence-electron chi connectivity index (χ2n) is 13.7. The van der Waals surface area contributed by atoms with E-state index in [-0.39, 0.29) is 0 Å². The van der Waals surface area contributed by atoms with Crippen molar-refractivity contribution in [2.45, 2.75) is 0 Å². The Hall–Kier alpha value is -6.84. The summed E-state index contributed by atoms with van der Waals surface area (Å²) in [5.41, 5.74) is 13.8. The number of furan rings is 1. The van der Waals surface area contributed by atoms with Crippen molar-refractivity contribution in [2.75, 3.05) is 0 Å². The lowest BCUT2D eigenvalue weighted by Crippen LogP contribution is -1.95. The van der Waals surface area contributed by atoms with E-state index < -0.39 is 0 Å². The van der Waals surface area contributed by atoms with Crippen LogP contribution in [0.1, 0.15) is 0 Å². The van der Waals surface area contributed by atoms with Gasteiger partial charge in [-0.1, -0.05) is 115 Å². The SMILES string of the molecule is c1ccc(-c2cc3c4ccccc4n4c5ccccc5c5ccc6c(c3c(c2)n6-c2cccc(-c3cccc6oc7ccccc7c36)c2)c54)cc1. The second kappa shape index (κ2) is 9.87. The molecule has 4 heterocycles. The van der Waals surface area contributed by atoms with Gasteiger partial charge in [-0.15, -0.1) is 0 Å². The molecule has 4 aromatic heterocycles. The van der Waals surface area contributed by atoms with E-state index >= 15 is 0 Å². The third-order valence-corrected chi connectivity index (χ3v) is 11.0. The van der Waals surface area contributed by atoms with Gasteiger partial charge in [0.1, 0.15) is 11.2 Å². The number of rotatable bonds is 3. The average Bonchev–Trinajstić information content (AvgIpc) is 3.83. The molecule has 0 unspecified atom stereocenters. The van der Waals surface area contributed by atoms with E-state index in [1.807, 2.05) is 6.07 Å². The van der Waals surface area contributed by atoms with Crippen LogP contribution in [0.3, 0.4) is 0 Å². The van der Waals surface area contributed by atoms with Crippen molar-refractivity contribution in [3.63, 3.8) is 0 Å². The lowest BCUT2D eigenvalue weighted by molar-refractivity contribution is 0.669. The first-order valence-electron chi connectivity index (χ1n) is 17.5. The van der Waals surface area contributed by atoms with Crippen LogP contribution in [0.4, 0.5) is 0 Å².